The van der Waals surface area contributed by atoms with Gasteiger partial charge in [-0.25, -0.2) is 4.98 Å². The predicted molar refractivity (Wildman–Crippen MR) is 104 cm³/mol. The highest BCUT2D eigenvalue weighted by Crippen LogP contribution is 2.24. The molecule has 4 rings (SSSR count). The molecule has 1 N–H and O–H groups in total. The van der Waals surface area contributed by atoms with Gasteiger partial charge < -0.3 is 5.32 Å². The van der Waals surface area contributed by atoms with Crippen LogP contribution in [0.25, 0.3) is 16.2 Å². The first-order chi connectivity index (χ1) is 12.6. The van der Waals surface area contributed by atoms with Crippen molar-refractivity contribution in [3.8, 4) is 11.3 Å². The lowest BCUT2D eigenvalue weighted by Gasteiger charge is -2.07. The lowest BCUT2D eigenvalue weighted by molar-refractivity contribution is 0.102. The van der Waals surface area contributed by atoms with Crippen molar-refractivity contribution in [1.82, 2.24) is 9.38 Å². The third kappa shape index (κ3) is 2.89. The second-order valence-electron chi connectivity index (χ2n) is 5.52. The number of rotatable bonds is 3. The molecule has 0 aliphatic rings. The zero-order valence-corrected chi connectivity index (χ0v) is 14.9. The summed E-state index contributed by atoms with van der Waals surface area (Å²) in [5.41, 5.74) is 1.57. The van der Waals surface area contributed by atoms with E-state index in [2.05, 4.69) is 10.3 Å². The van der Waals surface area contributed by atoms with E-state index in [4.69, 9.17) is 11.6 Å². The minimum Gasteiger partial charge on any atom is -0.320 e. The normalized spacial score (nSPS) is 10.8. The molecule has 2 aromatic carbocycles. The number of fused-ring (bicyclic) bond motifs is 1. The molecule has 0 fully saturated rings. The molecule has 0 aliphatic carbocycles. The van der Waals surface area contributed by atoms with Crippen molar-refractivity contribution in [2.75, 3.05) is 5.32 Å². The standard InChI is InChI=1S/C19H12ClN3O2S/c20-14-8-4-5-9-15(14)22-17(24)13-10-21-19-23(18(13)25)16(11-26-19)12-6-2-1-3-7-12/h1-11H,(H,22,24). The van der Waals surface area contributed by atoms with Gasteiger partial charge in [0.05, 0.1) is 16.4 Å². The average molecular weight is 382 g/mol. The van der Waals surface area contributed by atoms with E-state index in [1.54, 1.807) is 24.3 Å². The molecule has 7 heteroatoms. The van der Waals surface area contributed by atoms with Gasteiger partial charge in [0.25, 0.3) is 11.5 Å². The Morgan fingerprint density at radius 3 is 2.58 bits per heavy atom. The molecule has 26 heavy (non-hydrogen) atoms. The van der Waals surface area contributed by atoms with Gasteiger partial charge in [-0.1, -0.05) is 54.1 Å². The summed E-state index contributed by atoms with van der Waals surface area (Å²) in [6.07, 6.45) is 1.30. The van der Waals surface area contributed by atoms with Crippen molar-refractivity contribution in [3.05, 3.63) is 87.1 Å². The first-order valence-corrected chi connectivity index (χ1v) is 9.01. The van der Waals surface area contributed by atoms with E-state index < -0.39 is 11.5 Å². The molecular formula is C19H12ClN3O2S. The highest BCUT2D eigenvalue weighted by atomic mass is 35.5. The van der Waals surface area contributed by atoms with E-state index in [0.717, 1.165) is 5.56 Å². The number of hydrogen-bond acceptors (Lipinski definition) is 4. The van der Waals surface area contributed by atoms with Crippen LogP contribution in [0.5, 0.6) is 0 Å². The summed E-state index contributed by atoms with van der Waals surface area (Å²) in [5.74, 6) is -0.546. The lowest BCUT2D eigenvalue weighted by Crippen LogP contribution is -2.26. The molecule has 0 saturated heterocycles. The van der Waals surface area contributed by atoms with Gasteiger partial charge in [-0.2, -0.15) is 0 Å². The molecule has 0 bridgehead atoms. The third-order valence-corrected chi connectivity index (χ3v) is 5.05. The summed E-state index contributed by atoms with van der Waals surface area (Å²) in [6, 6.07) is 16.4. The molecule has 4 aromatic rings. The number of halogens is 1. The summed E-state index contributed by atoms with van der Waals surface area (Å²) in [4.78, 5) is 30.3. The zero-order valence-electron chi connectivity index (χ0n) is 13.3. The maximum Gasteiger partial charge on any atom is 0.271 e. The molecule has 128 valence electrons. The van der Waals surface area contributed by atoms with Crippen LogP contribution in [0, 0.1) is 0 Å². The topological polar surface area (TPSA) is 63.5 Å². The van der Waals surface area contributed by atoms with Crippen molar-refractivity contribution in [2.45, 2.75) is 0 Å². The van der Waals surface area contributed by atoms with Gasteiger partial charge in [0, 0.05) is 11.6 Å². The molecule has 2 heterocycles. The Bertz CT molecular complexity index is 1170. The predicted octanol–water partition coefficient (Wildman–Crippen LogP) is 4.33. The number of nitrogens with zero attached hydrogens (tertiary/aromatic N) is 2. The average Bonchev–Trinajstić information content (AvgIpc) is 3.09. The minimum atomic E-state index is -0.546. The van der Waals surface area contributed by atoms with Crippen LogP contribution >= 0.6 is 22.9 Å². The van der Waals surface area contributed by atoms with Crippen LogP contribution in [0.2, 0.25) is 5.02 Å². The number of anilines is 1. The first kappa shape index (κ1) is 16.5. The van der Waals surface area contributed by atoms with E-state index in [0.29, 0.717) is 21.4 Å². The molecule has 0 saturated carbocycles. The molecule has 0 aliphatic heterocycles. The van der Waals surface area contributed by atoms with Crippen molar-refractivity contribution < 1.29 is 4.79 Å². The second-order valence-corrected chi connectivity index (χ2v) is 6.76. The van der Waals surface area contributed by atoms with E-state index in [1.165, 1.54) is 21.9 Å². The smallest absolute Gasteiger partial charge is 0.271 e. The van der Waals surface area contributed by atoms with Gasteiger partial charge in [0.1, 0.15) is 5.56 Å². The summed E-state index contributed by atoms with van der Waals surface area (Å²) in [5, 5.41) is 4.92. The number of amides is 1. The van der Waals surface area contributed by atoms with Crippen LogP contribution in [0.4, 0.5) is 5.69 Å². The number of aromatic nitrogens is 2. The Labute approximate surface area is 157 Å². The number of thiazole rings is 1. The molecule has 0 atom stereocenters. The van der Waals surface area contributed by atoms with Crippen molar-refractivity contribution in [1.29, 1.82) is 0 Å². The number of para-hydroxylation sites is 1. The molecule has 2 aromatic heterocycles. The fourth-order valence-corrected chi connectivity index (χ4v) is 3.65. The Morgan fingerprint density at radius 2 is 1.81 bits per heavy atom. The number of carbonyl (C=O) groups excluding carboxylic acids is 1. The zero-order chi connectivity index (χ0) is 18.1. The number of carbonyl (C=O) groups is 1. The second kappa shape index (κ2) is 6.74. The number of nitrogens with one attached hydrogen (secondary N) is 1. The quantitative estimate of drug-likeness (QED) is 0.574. The Hall–Kier alpha value is -2.96. The lowest BCUT2D eigenvalue weighted by atomic mass is 10.2. The fraction of sp³-hybridized carbons (Fsp3) is 0. The Kier molecular flexibility index (Phi) is 4.28. The highest BCUT2D eigenvalue weighted by Gasteiger charge is 2.17. The van der Waals surface area contributed by atoms with Crippen molar-refractivity contribution >= 4 is 39.5 Å². The van der Waals surface area contributed by atoms with E-state index in [9.17, 15) is 9.59 Å². The van der Waals surface area contributed by atoms with Gasteiger partial charge >= 0.3 is 0 Å². The van der Waals surface area contributed by atoms with Gasteiger partial charge in [0.15, 0.2) is 4.96 Å². The van der Waals surface area contributed by atoms with E-state index in [-0.39, 0.29) is 5.56 Å². The SMILES string of the molecule is O=C(Nc1ccccc1Cl)c1cnc2scc(-c3ccccc3)n2c1=O. The van der Waals surface area contributed by atoms with Crippen LogP contribution < -0.4 is 10.9 Å². The summed E-state index contributed by atoms with van der Waals surface area (Å²) >= 11 is 7.42. The number of benzene rings is 2. The first-order valence-electron chi connectivity index (χ1n) is 7.76. The largest absolute Gasteiger partial charge is 0.320 e. The Balaban J connectivity index is 1.80. The van der Waals surface area contributed by atoms with Gasteiger partial charge in [-0.3, -0.25) is 14.0 Å². The van der Waals surface area contributed by atoms with Crippen LogP contribution in [0.1, 0.15) is 10.4 Å². The Morgan fingerprint density at radius 1 is 1.08 bits per heavy atom. The molecule has 0 unspecified atom stereocenters. The monoisotopic (exact) mass is 381 g/mol. The van der Waals surface area contributed by atoms with Gasteiger partial charge in [-0.15, -0.1) is 11.3 Å². The maximum atomic E-state index is 12.9. The van der Waals surface area contributed by atoms with Crippen LogP contribution in [0.15, 0.2) is 71.0 Å². The summed E-state index contributed by atoms with van der Waals surface area (Å²) < 4.78 is 1.46. The summed E-state index contributed by atoms with van der Waals surface area (Å²) in [7, 11) is 0. The molecule has 5 nitrogen and oxygen atoms in total. The van der Waals surface area contributed by atoms with Crippen molar-refractivity contribution in [2.24, 2.45) is 0 Å². The van der Waals surface area contributed by atoms with Gasteiger partial charge in [-0.05, 0) is 17.7 Å². The molecule has 1 amide bonds. The highest BCUT2D eigenvalue weighted by molar-refractivity contribution is 7.15. The molecule has 0 radical (unpaired) electrons. The minimum absolute atomic E-state index is 0.0435. The van der Waals surface area contributed by atoms with E-state index >= 15 is 0 Å². The van der Waals surface area contributed by atoms with Crippen LogP contribution in [0.3, 0.4) is 0 Å². The van der Waals surface area contributed by atoms with Crippen LogP contribution in [-0.4, -0.2) is 15.3 Å². The molecular weight excluding hydrogens is 370 g/mol. The third-order valence-electron chi connectivity index (χ3n) is 3.88. The maximum absolute atomic E-state index is 12.9. The fourth-order valence-electron chi connectivity index (χ4n) is 2.61. The van der Waals surface area contributed by atoms with E-state index in [1.807, 2.05) is 35.7 Å². The number of hydrogen-bond donors (Lipinski definition) is 1. The van der Waals surface area contributed by atoms with Crippen LogP contribution in [-0.2, 0) is 0 Å². The summed E-state index contributed by atoms with van der Waals surface area (Å²) in [6.45, 7) is 0. The van der Waals surface area contributed by atoms with Crippen molar-refractivity contribution in [3.63, 3.8) is 0 Å². The van der Waals surface area contributed by atoms with Gasteiger partial charge in [0.2, 0.25) is 0 Å². The molecule has 0 spiro atoms.